The van der Waals surface area contributed by atoms with E-state index in [1.165, 1.54) is 18.2 Å². The zero-order valence-corrected chi connectivity index (χ0v) is 32.1. The van der Waals surface area contributed by atoms with Crippen LogP contribution in [0.4, 0.5) is 4.79 Å². The second kappa shape index (κ2) is 14.1. The maximum Gasteiger partial charge on any atom is 0.408 e. The molecule has 0 unspecified atom stereocenters. The van der Waals surface area contributed by atoms with E-state index in [9.17, 15) is 27.6 Å². The van der Waals surface area contributed by atoms with Crippen LogP contribution in [0.5, 0.6) is 11.6 Å². The molecule has 1 saturated heterocycles. The highest BCUT2D eigenvalue weighted by atomic mass is 35.5. The van der Waals surface area contributed by atoms with Gasteiger partial charge >= 0.3 is 6.09 Å². The number of sulfonamides is 1. The van der Waals surface area contributed by atoms with Crippen LogP contribution in [0.15, 0.2) is 24.4 Å². The van der Waals surface area contributed by atoms with Crippen molar-refractivity contribution in [1.82, 2.24) is 25.2 Å². The van der Waals surface area contributed by atoms with E-state index in [1.807, 2.05) is 20.8 Å². The minimum absolute atomic E-state index is 0.0306. The number of hydrogen-bond acceptors (Lipinski definition) is 10. The second-order valence-electron chi connectivity index (χ2n) is 16.3. The topological polar surface area (TPSA) is 182 Å². The summed E-state index contributed by atoms with van der Waals surface area (Å²) < 4.78 is 45.4. The van der Waals surface area contributed by atoms with Crippen molar-refractivity contribution in [2.24, 2.45) is 17.3 Å². The van der Waals surface area contributed by atoms with Gasteiger partial charge in [-0.2, -0.15) is 0 Å². The maximum absolute atomic E-state index is 14.6. The number of benzene rings is 1. The van der Waals surface area contributed by atoms with Crippen molar-refractivity contribution in [2.75, 3.05) is 13.7 Å². The molecule has 53 heavy (non-hydrogen) atoms. The van der Waals surface area contributed by atoms with Gasteiger partial charge in [0.1, 0.15) is 35.6 Å². The van der Waals surface area contributed by atoms with Crippen LogP contribution in [-0.2, 0) is 29.1 Å². The van der Waals surface area contributed by atoms with Crippen LogP contribution in [0, 0.1) is 17.3 Å². The largest absolute Gasteiger partial charge is 0.494 e. The van der Waals surface area contributed by atoms with E-state index in [0.29, 0.717) is 40.8 Å². The number of nitrogens with one attached hydrogen (secondary N) is 3. The van der Waals surface area contributed by atoms with Crippen molar-refractivity contribution in [3.05, 3.63) is 29.4 Å². The molecule has 5 aliphatic rings. The molecule has 14 nitrogen and oxygen atoms in total. The van der Waals surface area contributed by atoms with E-state index in [4.69, 9.17) is 25.8 Å². The monoisotopic (exact) mass is 773 g/mol. The van der Waals surface area contributed by atoms with Gasteiger partial charge in [0.05, 0.1) is 25.1 Å². The summed E-state index contributed by atoms with van der Waals surface area (Å²) in [6.45, 7) is 5.39. The van der Waals surface area contributed by atoms with Crippen molar-refractivity contribution >= 4 is 56.2 Å². The molecule has 2 heterocycles. The standard InChI is InChI=1S/C37H48ClN5O9S/c1-36(2,3)30(40-35(47)52-22-7-5-6-8-22)33(45)43-19-23(51-32-26-15-21(38)11-14-25(26)29(50-4)18-39-32)16-28(43)31(44)41-37(17-27(37)20-9-10-20)34(46)42-53(48,49)24-12-13-24/h11,14-15,18,20,22-24,27-28,30H,5-10,12-13,16-17,19H2,1-4H3,(H,40,47)(H,41,44)(H,42,46)/t23-,27+,28+,30-,37-/m1/s1. The lowest BCUT2D eigenvalue weighted by atomic mass is 9.85. The molecule has 4 saturated carbocycles. The zero-order chi connectivity index (χ0) is 37.9. The highest BCUT2D eigenvalue weighted by Crippen LogP contribution is 2.57. The fourth-order valence-electron chi connectivity index (χ4n) is 7.88. The predicted molar refractivity (Wildman–Crippen MR) is 195 cm³/mol. The van der Waals surface area contributed by atoms with Crippen LogP contribution >= 0.6 is 11.6 Å². The van der Waals surface area contributed by atoms with E-state index < -0.39 is 68.2 Å². The number of amides is 4. The number of rotatable bonds is 12. The highest BCUT2D eigenvalue weighted by molar-refractivity contribution is 7.91. The van der Waals surface area contributed by atoms with Gasteiger partial charge in [-0.3, -0.25) is 19.1 Å². The third kappa shape index (κ3) is 7.87. The van der Waals surface area contributed by atoms with Crippen LogP contribution in [0.1, 0.15) is 85.0 Å². The van der Waals surface area contributed by atoms with Crippen molar-refractivity contribution in [1.29, 1.82) is 0 Å². The number of nitrogens with zero attached hydrogens (tertiary/aromatic N) is 2. The molecular weight excluding hydrogens is 726 g/mol. The SMILES string of the molecule is COc1cnc(O[C@@H]2C[C@@H](C(=O)N[C@]3(C(=O)NS(=O)(=O)C4CC4)C[C@H]3C3CC3)N(C(=O)[C@@H](NC(=O)OC3CCCC3)C(C)(C)C)C2)c2cc(Cl)ccc12. The summed E-state index contributed by atoms with van der Waals surface area (Å²) in [5.41, 5.74) is -2.20. The molecule has 0 radical (unpaired) electrons. The van der Waals surface area contributed by atoms with E-state index >= 15 is 0 Å². The average molecular weight is 774 g/mol. The summed E-state index contributed by atoms with van der Waals surface area (Å²) in [7, 11) is -2.34. The van der Waals surface area contributed by atoms with Gasteiger partial charge in [0, 0.05) is 22.2 Å². The molecule has 16 heteroatoms. The van der Waals surface area contributed by atoms with Crippen molar-refractivity contribution in [2.45, 2.75) is 120 Å². The Bertz CT molecular complexity index is 1910. The number of halogens is 1. The van der Waals surface area contributed by atoms with Gasteiger partial charge in [0.15, 0.2) is 0 Å². The van der Waals surface area contributed by atoms with Gasteiger partial charge in [0.2, 0.25) is 27.7 Å². The van der Waals surface area contributed by atoms with E-state index in [2.05, 4.69) is 20.3 Å². The maximum atomic E-state index is 14.6. The van der Waals surface area contributed by atoms with Gasteiger partial charge in [-0.15, -0.1) is 0 Å². The number of carbonyl (C=O) groups excluding carboxylic acids is 4. The second-order valence-corrected chi connectivity index (χ2v) is 18.7. The third-order valence-corrected chi connectivity index (χ3v) is 13.3. The van der Waals surface area contributed by atoms with E-state index in [0.717, 1.165) is 38.5 Å². The molecule has 4 amide bonds. The Kier molecular flexibility index (Phi) is 9.96. The van der Waals surface area contributed by atoms with Gasteiger partial charge in [-0.25, -0.2) is 18.2 Å². The number of methoxy groups -OCH3 is 1. The minimum Gasteiger partial charge on any atom is -0.494 e. The van der Waals surface area contributed by atoms with Crippen LogP contribution in [0.2, 0.25) is 5.02 Å². The lowest BCUT2D eigenvalue weighted by Gasteiger charge is -2.35. The Hall–Kier alpha value is -3.85. The van der Waals surface area contributed by atoms with Crippen LogP contribution < -0.4 is 24.8 Å². The summed E-state index contributed by atoms with van der Waals surface area (Å²) in [5.74, 6) is -1.15. The molecular formula is C37H48ClN5O9S. The fraction of sp³-hybridized carbons (Fsp3) is 0.649. The highest BCUT2D eigenvalue weighted by Gasteiger charge is 2.67. The van der Waals surface area contributed by atoms with Crippen molar-refractivity contribution < 1.29 is 41.8 Å². The minimum atomic E-state index is -3.87. The molecule has 2 aromatic rings. The number of ether oxygens (including phenoxy) is 3. The van der Waals surface area contributed by atoms with Gasteiger partial charge in [-0.1, -0.05) is 32.4 Å². The van der Waals surface area contributed by atoms with Gasteiger partial charge in [-0.05, 0) is 93.2 Å². The first kappa shape index (κ1) is 37.5. The van der Waals surface area contributed by atoms with Gasteiger partial charge in [0.25, 0.3) is 5.91 Å². The quantitative estimate of drug-likeness (QED) is 0.283. The Balaban J connectivity index is 1.17. The smallest absolute Gasteiger partial charge is 0.408 e. The van der Waals surface area contributed by atoms with Crippen LogP contribution in [0.3, 0.4) is 0 Å². The Morgan fingerprint density at radius 1 is 1.02 bits per heavy atom. The van der Waals surface area contributed by atoms with E-state index in [1.54, 1.807) is 18.2 Å². The summed E-state index contributed by atoms with van der Waals surface area (Å²) >= 11 is 6.35. The summed E-state index contributed by atoms with van der Waals surface area (Å²) in [4.78, 5) is 61.7. The normalized spacial score (nSPS) is 26.5. The molecule has 288 valence electrons. The Morgan fingerprint density at radius 2 is 1.74 bits per heavy atom. The molecule has 3 N–H and O–H groups in total. The summed E-state index contributed by atoms with van der Waals surface area (Å²) in [6, 6.07) is 3.00. The number of fused-ring (bicyclic) bond motifs is 1. The van der Waals surface area contributed by atoms with Crippen molar-refractivity contribution in [3.8, 4) is 11.6 Å². The number of hydrogen-bond donors (Lipinski definition) is 3. The molecule has 5 fully saturated rings. The fourth-order valence-corrected chi connectivity index (χ4v) is 9.42. The first-order valence-corrected chi connectivity index (χ1v) is 20.5. The molecule has 0 bridgehead atoms. The first-order chi connectivity index (χ1) is 25.1. The Labute approximate surface area is 314 Å². The van der Waals surface area contributed by atoms with Crippen LogP contribution in [0.25, 0.3) is 10.8 Å². The molecule has 1 aromatic heterocycles. The molecule has 4 aliphatic carbocycles. The lowest BCUT2D eigenvalue weighted by Crippen LogP contribution is -2.60. The number of pyridine rings is 1. The number of likely N-dealkylation sites (tertiary alicyclic amines) is 1. The molecule has 0 spiro atoms. The summed E-state index contributed by atoms with van der Waals surface area (Å²) in [5, 5.41) is 6.82. The molecule has 7 rings (SSSR count). The van der Waals surface area contributed by atoms with Crippen LogP contribution in [-0.4, -0.2) is 90.9 Å². The van der Waals surface area contributed by atoms with Gasteiger partial charge < -0.3 is 29.7 Å². The van der Waals surface area contributed by atoms with E-state index in [-0.39, 0.29) is 36.8 Å². The van der Waals surface area contributed by atoms with Crippen molar-refractivity contribution in [3.63, 3.8) is 0 Å². The third-order valence-electron chi connectivity index (χ3n) is 11.2. The molecule has 1 aromatic carbocycles. The number of carbonyl (C=O) groups is 4. The summed E-state index contributed by atoms with van der Waals surface area (Å²) in [6.07, 6.45) is 6.37. The Morgan fingerprint density at radius 3 is 2.38 bits per heavy atom. The predicted octanol–water partition coefficient (Wildman–Crippen LogP) is 4.22. The first-order valence-electron chi connectivity index (χ1n) is 18.5. The zero-order valence-electron chi connectivity index (χ0n) is 30.5. The lowest BCUT2D eigenvalue weighted by molar-refractivity contribution is -0.143. The number of aromatic nitrogens is 1. The number of alkyl carbamates (subject to hydrolysis) is 1. The molecule has 5 atom stereocenters. The average Bonchev–Trinajstić information content (AvgIpc) is 4.03. The molecule has 1 aliphatic heterocycles.